The monoisotopic (exact) mass is 375 g/mol. The number of sulfonamides is 1. The van der Waals surface area contributed by atoms with Gasteiger partial charge in [0, 0.05) is 17.1 Å². The van der Waals surface area contributed by atoms with Gasteiger partial charge in [0.25, 0.3) is 0 Å². The lowest BCUT2D eigenvalue weighted by atomic mass is 10.0. The summed E-state index contributed by atoms with van der Waals surface area (Å²) in [5, 5.41) is 9.32. The van der Waals surface area contributed by atoms with E-state index in [9.17, 15) is 13.5 Å². The van der Waals surface area contributed by atoms with Crippen LogP contribution >= 0.6 is 15.9 Å². The van der Waals surface area contributed by atoms with Crippen molar-refractivity contribution in [2.24, 2.45) is 5.92 Å². The molecule has 0 bridgehead atoms. The van der Waals surface area contributed by atoms with Gasteiger partial charge in [-0.15, -0.1) is 0 Å². The highest BCUT2D eigenvalue weighted by Gasteiger charge is 2.37. The molecule has 0 radical (unpaired) electrons. The van der Waals surface area contributed by atoms with Crippen LogP contribution in [0.5, 0.6) is 0 Å². The van der Waals surface area contributed by atoms with Crippen LogP contribution in [0.4, 0.5) is 0 Å². The van der Waals surface area contributed by atoms with E-state index < -0.39 is 10.0 Å². The normalized spacial score (nSPS) is 20.4. The van der Waals surface area contributed by atoms with E-state index in [1.807, 2.05) is 0 Å². The Kier molecular flexibility index (Phi) is 5.13. The summed E-state index contributed by atoms with van der Waals surface area (Å²) < 4.78 is 28.4. The maximum absolute atomic E-state index is 13.0. The lowest BCUT2D eigenvalue weighted by molar-refractivity contribution is 0.281. The standard InChI is InChI=1S/C15H22BrNO3S/c1-10(2)14-5-4-6-17(14)21(19,20)15-8-12(9-18)7-13(16)11(15)3/h7-8,10,14,18H,4-6,9H2,1-3H3. The summed E-state index contributed by atoms with van der Waals surface area (Å²) in [6.07, 6.45) is 1.82. The number of aliphatic hydroxyl groups excluding tert-OH is 1. The van der Waals surface area contributed by atoms with Crippen LogP contribution in [0.25, 0.3) is 0 Å². The van der Waals surface area contributed by atoms with Crippen molar-refractivity contribution in [1.82, 2.24) is 4.31 Å². The molecule has 1 unspecified atom stereocenters. The van der Waals surface area contributed by atoms with Gasteiger partial charge >= 0.3 is 0 Å². The summed E-state index contributed by atoms with van der Waals surface area (Å²) in [5.74, 6) is 0.298. The molecule has 21 heavy (non-hydrogen) atoms. The molecule has 1 saturated heterocycles. The van der Waals surface area contributed by atoms with Gasteiger partial charge in [0.1, 0.15) is 0 Å². The van der Waals surface area contributed by atoms with Crippen LogP contribution in [0.1, 0.15) is 37.8 Å². The van der Waals surface area contributed by atoms with Crippen LogP contribution in [0.2, 0.25) is 0 Å². The van der Waals surface area contributed by atoms with Gasteiger partial charge in [-0.1, -0.05) is 29.8 Å². The average Bonchev–Trinajstić information content (AvgIpc) is 2.91. The molecule has 1 atom stereocenters. The third-order valence-electron chi connectivity index (χ3n) is 4.14. The zero-order valence-corrected chi connectivity index (χ0v) is 15.0. The van der Waals surface area contributed by atoms with Gasteiger partial charge in [0.15, 0.2) is 0 Å². The van der Waals surface area contributed by atoms with E-state index in [1.54, 1.807) is 23.4 Å². The molecule has 1 aromatic rings. The molecule has 1 aliphatic heterocycles. The SMILES string of the molecule is Cc1c(Br)cc(CO)cc1S(=O)(=O)N1CCCC1C(C)C. The van der Waals surface area contributed by atoms with Crippen LogP contribution in [0, 0.1) is 12.8 Å². The Morgan fingerprint density at radius 1 is 1.43 bits per heavy atom. The van der Waals surface area contributed by atoms with E-state index in [2.05, 4.69) is 29.8 Å². The van der Waals surface area contributed by atoms with Crippen LogP contribution in [0.3, 0.4) is 0 Å². The molecule has 0 spiro atoms. The number of hydrogen-bond donors (Lipinski definition) is 1. The van der Waals surface area contributed by atoms with Gasteiger partial charge in [-0.2, -0.15) is 4.31 Å². The third kappa shape index (κ3) is 3.18. The molecular formula is C15H22BrNO3S. The quantitative estimate of drug-likeness (QED) is 0.879. The topological polar surface area (TPSA) is 57.6 Å². The first-order valence-electron chi connectivity index (χ1n) is 7.20. The van der Waals surface area contributed by atoms with Crippen molar-refractivity contribution < 1.29 is 13.5 Å². The fourth-order valence-electron chi connectivity index (χ4n) is 2.92. The van der Waals surface area contributed by atoms with Crippen molar-refractivity contribution in [2.45, 2.75) is 51.2 Å². The Morgan fingerprint density at radius 3 is 2.67 bits per heavy atom. The molecule has 1 N–H and O–H groups in total. The molecule has 0 amide bonds. The lowest BCUT2D eigenvalue weighted by Crippen LogP contribution is -2.38. The number of hydrogen-bond acceptors (Lipinski definition) is 3. The highest BCUT2D eigenvalue weighted by Crippen LogP contribution is 2.33. The van der Waals surface area contributed by atoms with Gasteiger partial charge in [0.2, 0.25) is 10.0 Å². The summed E-state index contributed by atoms with van der Waals surface area (Å²) in [6.45, 7) is 6.32. The highest BCUT2D eigenvalue weighted by atomic mass is 79.9. The molecule has 118 valence electrons. The minimum absolute atomic E-state index is 0.0611. The van der Waals surface area contributed by atoms with Crippen molar-refractivity contribution in [3.63, 3.8) is 0 Å². The predicted molar refractivity (Wildman–Crippen MR) is 86.6 cm³/mol. The number of benzene rings is 1. The molecule has 0 saturated carbocycles. The summed E-state index contributed by atoms with van der Waals surface area (Å²) in [7, 11) is -3.53. The van der Waals surface area contributed by atoms with Crippen molar-refractivity contribution in [2.75, 3.05) is 6.54 Å². The van der Waals surface area contributed by atoms with Gasteiger partial charge in [-0.25, -0.2) is 8.42 Å². The minimum Gasteiger partial charge on any atom is -0.392 e. The Labute approximate surface area is 135 Å². The van der Waals surface area contributed by atoms with E-state index in [4.69, 9.17) is 0 Å². The van der Waals surface area contributed by atoms with Crippen molar-refractivity contribution in [3.8, 4) is 0 Å². The first-order valence-corrected chi connectivity index (χ1v) is 9.44. The second-order valence-electron chi connectivity index (χ2n) is 5.93. The van der Waals surface area contributed by atoms with E-state index in [-0.39, 0.29) is 12.6 Å². The molecule has 6 heteroatoms. The maximum atomic E-state index is 13.0. The molecular weight excluding hydrogens is 354 g/mol. The van der Waals surface area contributed by atoms with Gasteiger partial charge in [-0.05, 0) is 48.9 Å². The van der Waals surface area contributed by atoms with E-state index in [1.165, 1.54) is 0 Å². The zero-order chi connectivity index (χ0) is 15.8. The molecule has 0 aromatic heterocycles. The average molecular weight is 376 g/mol. The Morgan fingerprint density at radius 2 is 2.10 bits per heavy atom. The van der Waals surface area contributed by atoms with Crippen molar-refractivity contribution in [3.05, 3.63) is 27.7 Å². The van der Waals surface area contributed by atoms with E-state index in [0.29, 0.717) is 33.0 Å². The summed E-state index contributed by atoms with van der Waals surface area (Å²) in [6, 6.07) is 3.41. The Balaban J connectivity index is 2.51. The molecule has 2 rings (SSSR count). The van der Waals surface area contributed by atoms with Crippen LogP contribution in [-0.2, 0) is 16.6 Å². The van der Waals surface area contributed by atoms with E-state index >= 15 is 0 Å². The molecule has 0 aliphatic carbocycles. The number of halogens is 1. The maximum Gasteiger partial charge on any atom is 0.243 e. The molecule has 1 fully saturated rings. The van der Waals surface area contributed by atoms with Gasteiger partial charge in [-0.3, -0.25) is 0 Å². The van der Waals surface area contributed by atoms with Gasteiger partial charge in [0.05, 0.1) is 11.5 Å². The number of rotatable bonds is 4. The summed E-state index contributed by atoms with van der Waals surface area (Å²) >= 11 is 3.39. The minimum atomic E-state index is -3.53. The lowest BCUT2D eigenvalue weighted by Gasteiger charge is -2.28. The molecule has 1 aliphatic rings. The van der Waals surface area contributed by atoms with Crippen LogP contribution in [0.15, 0.2) is 21.5 Å². The largest absolute Gasteiger partial charge is 0.392 e. The van der Waals surface area contributed by atoms with Crippen molar-refractivity contribution in [1.29, 1.82) is 0 Å². The molecule has 1 aromatic carbocycles. The molecule has 4 nitrogen and oxygen atoms in total. The van der Waals surface area contributed by atoms with Crippen LogP contribution < -0.4 is 0 Å². The predicted octanol–water partition coefficient (Wildman–Crippen LogP) is 3.06. The highest BCUT2D eigenvalue weighted by molar-refractivity contribution is 9.10. The Bertz CT molecular complexity index is 628. The first-order chi connectivity index (χ1) is 9.78. The molecule has 1 heterocycles. The summed E-state index contributed by atoms with van der Waals surface area (Å²) in [4.78, 5) is 0.300. The fraction of sp³-hybridized carbons (Fsp3) is 0.600. The second kappa shape index (κ2) is 6.36. The van der Waals surface area contributed by atoms with Crippen LogP contribution in [-0.4, -0.2) is 30.4 Å². The Hall–Kier alpha value is -0.430. The first kappa shape index (κ1) is 16.9. The second-order valence-corrected chi connectivity index (χ2v) is 8.64. The van der Waals surface area contributed by atoms with Crippen molar-refractivity contribution >= 4 is 26.0 Å². The van der Waals surface area contributed by atoms with E-state index in [0.717, 1.165) is 12.8 Å². The number of aliphatic hydroxyl groups is 1. The third-order valence-corrected chi connectivity index (χ3v) is 7.02. The summed E-state index contributed by atoms with van der Waals surface area (Å²) in [5.41, 5.74) is 1.30. The zero-order valence-electron chi connectivity index (χ0n) is 12.6. The number of nitrogens with zero attached hydrogens (tertiary/aromatic N) is 1. The smallest absolute Gasteiger partial charge is 0.243 e. The fourth-order valence-corrected chi connectivity index (χ4v) is 5.69. The van der Waals surface area contributed by atoms with Gasteiger partial charge < -0.3 is 5.11 Å².